The van der Waals surface area contributed by atoms with Gasteiger partial charge in [-0.1, -0.05) is 70.2 Å². The van der Waals surface area contributed by atoms with E-state index in [1.807, 2.05) is 48.5 Å². The number of halogens is 1. The maximum atomic E-state index is 13.2. The van der Waals surface area contributed by atoms with E-state index in [1.54, 1.807) is 11.9 Å². The molecule has 0 unspecified atom stereocenters. The van der Waals surface area contributed by atoms with Gasteiger partial charge in [-0.05, 0) is 23.8 Å². The molecule has 130 valence electrons. The Hall–Kier alpha value is -1.96. The van der Waals surface area contributed by atoms with Gasteiger partial charge in [0.25, 0.3) is 11.8 Å². The van der Waals surface area contributed by atoms with Gasteiger partial charge in [0.15, 0.2) is 0 Å². The lowest BCUT2D eigenvalue weighted by Crippen LogP contribution is -2.27. The number of nitrogens with zero attached hydrogens (tertiary/aromatic N) is 2. The van der Waals surface area contributed by atoms with Crippen LogP contribution in [-0.4, -0.2) is 28.1 Å². The third-order valence-electron chi connectivity index (χ3n) is 4.35. The molecule has 2 heterocycles. The monoisotopic (exact) mass is 444 g/mol. The lowest BCUT2D eigenvalue weighted by molar-refractivity contribution is -0.121. The highest BCUT2D eigenvalue weighted by atomic mass is 79.9. The number of likely N-dealkylation sites (N-methyl/N-ethyl adjacent to an activating group) is 1. The summed E-state index contributed by atoms with van der Waals surface area (Å²) in [6.45, 7) is 0.449. The Morgan fingerprint density at radius 3 is 2.46 bits per heavy atom. The second-order valence-electron chi connectivity index (χ2n) is 5.97. The normalized spacial score (nSPS) is 19.5. The van der Waals surface area contributed by atoms with Crippen molar-refractivity contribution in [1.82, 2.24) is 4.90 Å². The van der Waals surface area contributed by atoms with Gasteiger partial charge >= 0.3 is 0 Å². The van der Waals surface area contributed by atoms with Crippen molar-refractivity contribution in [2.45, 2.75) is 6.54 Å². The quantitative estimate of drug-likeness (QED) is 0.514. The Labute approximate surface area is 169 Å². The molecule has 0 radical (unpaired) electrons. The molecule has 4 nitrogen and oxygen atoms in total. The molecule has 0 aliphatic carbocycles. The first kappa shape index (κ1) is 17.5. The second kappa shape index (κ2) is 6.64. The third-order valence-corrected chi connectivity index (χ3v) is 6.40. The van der Waals surface area contributed by atoms with Crippen LogP contribution in [0, 0.1) is 0 Å². The fourth-order valence-electron chi connectivity index (χ4n) is 3.04. The van der Waals surface area contributed by atoms with Gasteiger partial charge in [0.1, 0.15) is 4.32 Å². The van der Waals surface area contributed by atoms with Crippen LogP contribution in [0.5, 0.6) is 0 Å². The number of thioether (sulfide) groups is 1. The molecule has 2 amide bonds. The van der Waals surface area contributed by atoms with Crippen LogP contribution in [0.4, 0.5) is 5.69 Å². The Kier molecular flexibility index (Phi) is 4.46. The first-order chi connectivity index (χ1) is 12.5. The summed E-state index contributed by atoms with van der Waals surface area (Å²) in [5.41, 5.74) is 3.02. The lowest BCUT2D eigenvalue weighted by Gasteiger charge is -2.17. The zero-order chi connectivity index (χ0) is 18.4. The predicted octanol–water partition coefficient (Wildman–Crippen LogP) is 4.20. The third kappa shape index (κ3) is 2.80. The van der Waals surface area contributed by atoms with E-state index in [9.17, 15) is 9.59 Å². The van der Waals surface area contributed by atoms with Gasteiger partial charge in [-0.15, -0.1) is 0 Å². The fourth-order valence-corrected chi connectivity index (χ4v) is 4.65. The predicted molar refractivity (Wildman–Crippen MR) is 112 cm³/mol. The molecule has 0 saturated carbocycles. The van der Waals surface area contributed by atoms with Crippen molar-refractivity contribution in [3.8, 4) is 0 Å². The molecule has 1 saturated heterocycles. The molecule has 0 spiro atoms. The van der Waals surface area contributed by atoms with E-state index in [0.29, 0.717) is 21.3 Å². The lowest BCUT2D eigenvalue weighted by atomic mass is 10.1. The van der Waals surface area contributed by atoms with E-state index in [4.69, 9.17) is 12.2 Å². The van der Waals surface area contributed by atoms with Gasteiger partial charge < -0.3 is 4.90 Å². The standard InChI is InChI=1S/C19H13BrN2O2S2/c1-21-18(24)16(26-19(21)25)15-13-9-12(20)7-8-14(13)22(17(15)23)10-11-5-3-2-4-6-11/h2-9H,10H2,1H3/b16-15-. The first-order valence-corrected chi connectivity index (χ1v) is 9.89. The summed E-state index contributed by atoms with van der Waals surface area (Å²) in [6.07, 6.45) is 0. The number of hydrogen-bond donors (Lipinski definition) is 0. The van der Waals surface area contributed by atoms with Gasteiger partial charge in [-0.3, -0.25) is 14.5 Å². The van der Waals surface area contributed by atoms with Crippen LogP contribution in [0.2, 0.25) is 0 Å². The largest absolute Gasteiger partial charge is 0.303 e. The maximum absolute atomic E-state index is 13.2. The molecule has 0 atom stereocenters. The van der Waals surface area contributed by atoms with E-state index in [0.717, 1.165) is 21.3 Å². The van der Waals surface area contributed by atoms with Gasteiger partial charge in [-0.2, -0.15) is 0 Å². The number of rotatable bonds is 2. The Balaban J connectivity index is 1.85. The van der Waals surface area contributed by atoms with Crippen molar-refractivity contribution in [3.05, 3.63) is 69.0 Å². The van der Waals surface area contributed by atoms with Gasteiger partial charge in [0.2, 0.25) is 0 Å². The number of carbonyl (C=O) groups is 2. The Morgan fingerprint density at radius 2 is 1.81 bits per heavy atom. The molecule has 26 heavy (non-hydrogen) atoms. The Bertz CT molecular complexity index is 988. The molecule has 0 aromatic heterocycles. The van der Waals surface area contributed by atoms with Crippen molar-refractivity contribution in [1.29, 1.82) is 0 Å². The highest BCUT2D eigenvalue weighted by molar-refractivity contribution is 9.10. The summed E-state index contributed by atoms with van der Waals surface area (Å²) in [6, 6.07) is 15.5. The summed E-state index contributed by atoms with van der Waals surface area (Å²) in [4.78, 5) is 29.4. The van der Waals surface area contributed by atoms with Gasteiger partial charge in [-0.25, -0.2) is 0 Å². The molecule has 2 aromatic carbocycles. The Morgan fingerprint density at radius 1 is 1.08 bits per heavy atom. The zero-order valence-corrected chi connectivity index (χ0v) is 17.0. The highest BCUT2D eigenvalue weighted by Gasteiger charge is 2.41. The van der Waals surface area contributed by atoms with Crippen LogP contribution in [0.1, 0.15) is 11.1 Å². The summed E-state index contributed by atoms with van der Waals surface area (Å²) >= 11 is 9.88. The van der Waals surface area contributed by atoms with Crippen LogP contribution in [0.15, 0.2) is 57.9 Å². The number of amides is 2. The van der Waals surface area contributed by atoms with Gasteiger partial charge in [0.05, 0.1) is 22.7 Å². The number of benzene rings is 2. The number of fused-ring (bicyclic) bond motifs is 1. The minimum Gasteiger partial charge on any atom is -0.303 e. The minimum absolute atomic E-state index is 0.170. The summed E-state index contributed by atoms with van der Waals surface area (Å²) in [5.74, 6) is -0.397. The molecule has 0 N–H and O–H groups in total. The van der Waals surface area contributed by atoms with E-state index in [-0.39, 0.29) is 11.8 Å². The van der Waals surface area contributed by atoms with Crippen LogP contribution < -0.4 is 4.90 Å². The maximum Gasteiger partial charge on any atom is 0.266 e. The molecule has 2 aliphatic heterocycles. The van der Waals surface area contributed by atoms with Crippen LogP contribution in [0.3, 0.4) is 0 Å². The molecule has 2 aromatic rings. The van der Waals surface area contributed by atoms with Crippen molar-refractivity contribution < 1.29 is 9.59 Å². The average Bonchev–Trinajstić information content (AvgIpc) is 3.04. The van der Waals surface area contributed by atoms with Crippen LogP contribution in [0.25, 0.3) is 5.57 Å². The molecule has 7 heteroatoms. The summed E-state index contributed by atoms with van der Waals surface area (Å²) in [7, 11) is 1.63. The van der Waals surface area contributed by atoms with Crippen molar-refractivity contribution in [3.63, 3.8) is 0 Å². The number of carbonyl (C=O) groups excluding carboxylic acids is 2. The topological polar surface area (TPSA) is 40.6 Å². The number of anilines is 1. The van der Waals surface area contributed by atoms with Crippen molar-refractivity contribution >= 4 is 67.3 Å². The molecular weight excluding hydrogens is 432 g/mol. The molecule has 2 aliphatic rings. The minimum atomic E-state index is -0.226. The smallest absolute Gasteiger partial charge is 0.266 e. The summed E-state index contributed by atoms with van der Waals surface area (Å²) < 4.78 is 1.32. The molecule has 4 rings (SSSR count). The zero-order valence-electron chi connectivity index (χ0n) is 13.7. The van der Waals surface area contributed by atoms with Gasteiger partial charge in [0, 0.05) is 17.1 Å². The fraction of sp³-hybridized carbons (Fsp3) is 0.105. The second-order valence-corrected chi connectivity index (χ2v) is 8.53. The van der Waals surface area contributed by atoms with Crippen LogP contribution in [-0.2, 0) is 16.1 Å². The van der Waals surface area contributed by atoms with E-state index in [2.05, 4.69) is 15.9 Å². The van der Waals surface area contributed by atoms with E-state index >= 15 is 0 Å². The number of hydrogen-bond acceptors (Lipinski definition) is 4. The van der Waals surface area contributed by atoms with E-state index < -0.39 is 0 Å². The SMILES string of the molecule is CN1C(=O)/C(=C2/C(=O)N(Cc3ccccc3)c3ccc(Br)cc32)SC1=S. The molecular formula is C19H13BrN2O2S2. The molecule has 0 bridgehead atoms. The summed E-state index contributed by atoms with van der Waals surface area (Å²) in [5, 5.41) is 0. The van der Waals surface area contributed by atoms with Crippen LogP contribution >= 0.6 is 39.9 Å². The van der Waals surface area contributed by atoms with Crippen molar-refractivity contribution in [2.24, 2.45) is 0 Å². The molecule has 1 fully saturated rings. The highest BCUT2D eigenvalue weighted by Crippen LogP contribution is 2.45. The van der Waals surface area contributed by atoms with Crippen molar-refractivity contribution in [2.75, 3.05) is 11.9 Å². The average molecular weight is 445 g/mol. The first-order valence-electron chi connectivity index (χ1n) is 7.87. The van der Waals surface area contributed by atoms with E-state index in [1.165, 1.54) is 16.7 Å². The number of thiocarbonyl (C=S) groups is 1.